The number of rotatable bonds is 8. The Balaban J connectivity index is 0.000000130. The molecule has 8 fully saturated rings. The molecule has 8 saturated carbocycles. The second kappa shape index (κ2) is 26.8. The van der Waals surface area contributed by atoms with Crippen LogP contribution in [0.5, 0.6) is 5.75 Å². The molecule has 18 aromatic carbocycles. The molecule has 10 aliphatic rings. The fourth-order valence-corrected chi connectivity index (χ4v) is 29.2. The van der Waals surface area contributed by atoms with Gasteiger partial charge in [-0.1, -0.05) is 261 Å². The Kier molecular flexibility index (Phi) is 15.3. The van der Waals surface area contributed by atoms with Gasteiger partial charge in [-0.05, 0) is 357 Å². The highest BCUT2D eigenvalue weighted by Gasteiger charge is 2.63. The van der Waals surface area contributed by atoms with Crippen molar-refractivity contribution in [3.8, 4) is 100 Å². The molecule has 10 aliphatic carbocycles. The van der Waals surface area contributed by atoms with E-state index in [4.69, 9.17) is 9.15 Å². The van der Waals surface area contributed by atoms with Crippen LogP contribution in [-0.4, -0.2) is 11.7 Å². The molecule has 8 bridgehead atoms. The summed E-state index contributed by atoms with van der Waals surface area (Å²) in [5, 5.41) is 17.6. The number of hydrogen-bond donors (Lipinski definition) is 0. The second-order valence-electron chi connectivity index (χ2n) is 38.3. The SMILES string of the molecule is COc1ccc(-c2c3ccccc3c(-c3ccc4oc5ccc(-c6ccc7c(c6)C6(c8ccccc8-7)C7CC8CC(C7)CC6C8)cc5c4c3)c3ccccc23)cc1.c1ccc(-n2c3cc(-c4ccc5c(c4)C4(c6ccccc6-5)C5CC6CC(C5)CC4C6)ccc3c3ccc(-c4c5ccccc5c(-c5ccc6sc7ccccc7c6c5)c5ccccc45)cc32)cc1. The molecule has 0 amide bonds. The number of para-hydroxylation sites is 1. The molecule has 125 heavy (non-hydrogen) atoms. The van der Waals surface area contributed by atoms with Gasteiger partial charge in [-0.2, -0.15) is 0 Å². The normalized spacial score (nSPS) is 22.0. The summed E-state index contributed by atoms with van der Waals surface area (Å²) in [4.78, 5) is 0. The molecule has 4 heteroatoms. The van der Waals surface area contributed by atoms with Gasteiger partial charge in [-0.15, -0.1) is 11.3 Å². The van der Waals surface area contributed by atoms with E-state index in [1.807, 2.05) is 11.3 Å². The minimum absolute atomic E-state index is 0.147. The number of ether oxygens (including phenoxy) is 1. The van der Waals surface area contributed by atoms with E-state index in [1.165, 1.54) is 249 Å². The van der Waals surface area contributed by atoms with Crippen molar-refractivity contribution >= 4 is 118 Å². The standard InChI is InChI=1S/C66H47NS.C55H42O2/c1-2-12-47(13-3-1)67-60-37-42(41-22-26-49-48-14-8-10-20-58(48)66(59(49)36-41)45-31-39-30-40(33-45)34-46(66)32-39)23-27-50(60)51-28-24-44(38-61(51)67)65-55-18-6-4-16-53(55)64(54-17-5-7-19-56(54)65)43-25-29-63-57(35-43)52-15-9-11-21-62(52)68-63;1-56-40-19-14-34(15-20-40)53-43-9-2-4-11-45(43)54(46-12-5-3-10-44(46)53)37-18-23-52-48(30-37)47-29-35(17-22-51(47)57-52)36-16-21-42-41-8-6-7-13-49(41)55(50(42)31-36)38-25-32-24-33(27-38)28-39(55)26-32/h1-29,35-40,45-46H,30-34H2;2-23,29-33,38-39H,24-28H2,1H3. The number of benzene rings is 18. The fraction of sp³-hybridized carbons (Fsp3) is 0.174. The molecule has 0 aliphatic heterocycles. The first kappa shape index (κ1) is 71.1. The Labute approximate surface area is 730 Å². The third-order valence-corrected chi connectivity index (χ3v) is 33.7. The molecule has 0 unspecified atom stereocenters. The fourth-order valence-electron chi connectivity index (χ4n) is 28.1. The van der Waals surface area contributed by atoms with Crippen LogP contribution in [0, 0.1) is 47.3 Å². The topological polar surface area (TPSA) is 27.3 Å². The highest BCUT2D eigenvalue weighted by molar-refractivity contribution is 7.25. The van der Waals surface area contributed by atoms with E-state index in [0.717, 1.165) is 69.6 Å². The summed E-state index contributed by atoms with van der Waals surface area (Å²) in [6, 6.07) is 133. The molecule has 31 rings (SSSR count). The maximum atomic E-state index is 6.57. The van der Waals surface area contributed by atoms with E-state index in [2.05, 4.69) is 356 Å². The first-order valence-corrected chi connectivity index (χ1v) is 46.7. The number of methoxy groups -OCH3 is 1. The van der Waals surface area contributed by atoms with Crippen molar-refractivity contribution in [2.75, 3.05) is 7.11 Å². The third-order valence-electron chi connectivity index (χ3n) is 32.5. The van der Waals surface area contributed by atoms with Gasteiger partial charge < -0.3 is 13.7 Å². The maximum absolute atomic E-state index is 6.57. The molecule has 2 spiro atoms. The van der Waals surface area contributed by atoms with E-state index < -0.39 is 0 Å². The number of fused-ring (bicyclic) bond motifs is 19. The Morgan fingerprint density at radius 1 is 0.256 bits per heavy atom. The van der Waals surface area contributed by atoms with E-state index in [-0.39, 0.29) is 10.8 Å². The molecular formula is C121H89NO2S. The van der Waals surface area contributed by atoms with Crippen molar-refractivity contribution < 1.29 is 9.15 Å². The Hall–Kier alpha value is -13.4. The van der Waals surface area contributed by atoms with Gasteiger partial charge in [-0.25, -0.2) is 0 Å². The van der Waals surface area contributed by atoms with Crippen LogP contribution in [0.25, 0.3) is 202 Å². The number of thiophene rings is 1. The van der Waals surface area contributed by atoms with Gasteiger partial charge in [-0.3, -0.25) is 0 Å². The summed E-state index contributed by atoms with van der Waals surface area (Å²) in [6.07, 6.45) is 14.1. The predicted molar refractivity (Wildman–Crippen MR) is 523 cm³/mol. The van der Waals surface area contributed by atoms with Crippen LogP contribution < -0.4 is 4.74 Å². The van der Waals surface area contributed by atoms with E-state index in [0.29, 0.717) is 0 Å². The maximum Gasteiger partial charge on any atom is 0.135 e. The summed E-state index contributed by atoms with van der Waals surface area (Å²) >= 11 is 1.88. The Bertz CT molecular complexity index is 8020. The Morgan fingerprint density at radius 2 is 0.592 bits per heavy atom. The summed E-state index contributed by atoms with van der Waals surface area (Å²) in [5.74, 6) is 7.58. The summed E-state index contributed by atoms with van der Waals surface area (Å²) in [5.41, 5.74) is 33.3. The van der Waals surface area contributed by atoms with Gasteiger partial charge in [0.2, 0.25) is 0 Å². The number of furan rings is 1. The monoisotopic (exact) mass is 1620 g/mol. The van der Waals surface area contributed by atoms with Crippen LogP contribution in [0.4, 0.5) is 0 Å². The minimum Gasteiger partial charge on any atom is -0.497 e. The molecule has 21 aromatic rings. The third kappa shape index (κ3) is 10.1. The molecule has 3 heterocycles. The minimum atomic E-state index is 0.147. The molecular weight excluding hydrogens is 1530 g/mol. The van der Waals surface area contributed by atoms with Gasteiger partial charge in [0.05, 0.1) is 18.1 Å². The average Bonchev–Trinajstić information content (AvgIpc) is 1.53. The van der Waals surface area contributed by atoms with E-state index >= 15 is 0 Å². The van der Waals surface area contributed by atoms with Crippen LogP contribution in [0.15, 0.2) is 356 Å². The van der Waals surface area contributed by atoms with Crippen LogP contribution >= 0.6 is 11.3 Å². The quantitative estimate of drug-likeness (QED) is 0.142. The lowest BCUT2D eigenvalue weighted by molar-refractivity contribution is -0.0399. The lowest BCUT2D eigenvalue weighted by Crippen LogP contribution is -2.55. The summed E-state index contributed by atoms with van der Waals surface area (Å²) < 4.78 is 17.3. The number of aromatic nitrogens is 1. The van der Waals surface area contributed by atoms with Gasteiger partial charge in [0.25, 0.3) is 0 Å². The van der Waals surface area contributed by atoms with Gasteiger partial charge >= 0.3 is 0 Å². The Morgan fingerprint density at radius 3 is 1.08 bits per heavy atom. The van der Waals surface area contributed by atoms with E-state index in [1.54, 1.807) is 29.4 Å². The molecule has 0 atom stereocenters. The first-order valence-electron chi connectivity index (χ1n) is 45.9. The summed E-state index contributed by atoms with van der Waals surface area (Å²) in [6.45, 7) is 0. The zero-order chi connectivity index (χ0) is 81.6. The van der Waals surface area contributed by atoms with Crippen LogP contribution in [0.1, 0.15) is 86.5 Å². The average molecular weight is 1620 g/mol. The van der Waals surface area contributed by atoms with Crippen molar-refractivity contribution in [1.82, 2.24) is 4.57 Å². The lowest BCUT2D eigenvalue weighted by Gasteiger charge is -2.61. The van der Waals surface area contributed by atoms with Gasteiger partial charge in [0.1, 0.15) is 16.9 Å². The molecule has 3 nitrogen and oxygen atoms in total. The van der Waals surface area contributed by atoms with Crippen LogP contribution in [0.2, 0.25) is 0 Å². The van der Waals surface area contributed by atoms with Crippen molar-refractivity contribution in [3.63, 3.8) is 0 Å². The van der Waals surface area contributed by atoms with Crippen molar-refractivity contribution in [2.24, 2.45) is 47.3 Å². The van der Waals surface area contributed by atoms with Gasteiger partial charge in [0.15, 0.2) is 0 Å². The van der Waals surface area contributed by atoms with E-state index in [9.17, 15) is 0 Å². The summed E-state index contributed by atoms with van der Waals surface area (Å²) in [7, 11) is 1.72. The highest BCUT2D eigenvalue weighted by Crippen LogP contribution is 2.72. The molecule has 0 saturated heterocycles. The molecule has 3 aromatic heterocycles. The lowest BCUT2D eigenvalue weighted by atomic mass is 9.43. The largest absolute Gasteiger partial charge is 0.497 e. The van der Waals surface area contributed by atoms with Gasteiger partial charge in [0, 0.05) is 58.2 Å². The molecule has 0 radical (unpaired) electrons. The van der Waals surface area contributed by atoms with Crippen molar-refractivity contribution in [3.05, 3.63) is 374 Å². The molecule has 0 N–H and O–H groups in total. The van der Waals surface area contributed by atoms with Crippen molar-refractivity contribution in [2.45, 2.75) is 75.0 Å². The van der Waals surface area contributed by atoms with Crippen molar-refractivity contribution in [1.29, 1.82) is 0 Å². The number of hydrogen-bond acceptors (Lipinski definition) is 3. The zero-order valence-corrected chi connectivity index (χ0v) is 70.7. The molecule has 596 valence electrons. The second-order valence-corrected chi connectivity index (χ2v) is 39.4. The predicted octanol–water partition coefficient (Wildman–Crippen LogP) is 32.8. The zero-order valence-electron chi connectivity index (χ0n) is 69.8. The number of nitrogens with zero attached hydrogens (tertiary/aromatic N) is 1. The first-order chi connectivity index (χ1) is 61.8. The smallest absolute Gasteiger partial charge is 0.135 e. The van der Waals surface area contributed by atoms with Crippen LogP contribution in [-0.2, 0) is 10.8 Å². The highest BCUT2D eigenvalue weighted by atomic mass is 32.1. The van der Waals surface area contributed by atoms with Crippen LogP contribution in [0.3, 0.4) is 0 Å².